The van der Waals surface area contributed by atoms with Gasteiger partial charge in [-0.25, -0.2) is 15.0 Å². The van der Waals surface area contributed by atoms with Crippen LogP contribution < -0.4 is 10.2 Å². The molecule has 3 heterocycles. The van der Waals surface area contributed by atoms with Crippen molar-refractivity contribution in [1.29, 1.82) is 0 Å². The smallest absolute Gasteiger partial charge is 0.311 e. The van der Waals surface area contributed by atoms with Gasteiger partial charge in [0.25, 0.3) is 5.91 Å². The third-order valence-corrected chi connectivity index (χ3v) is 4.52. The van der Waals surface area contributed by atoms with Crippen molar-refractivity contribution in [2.45, 2.75) is 26.2 Å². The van der Waals surface area contributed by atoms with Gasteiger partial charge in [0.15, 0.2) is 5.13 Å². The van der Waals surface area contributed by atoms with Gasteiger partial charge < -0.3 is 9.64 Å². The number of anilines is 2. The summed E-state index contributed by atoms with van der Waals surface area (Å²) >= 11 is 1.26. The van der Waals surface area contributed by atoms with E-state index in [2.05, 4.69) is 25.2 Å². The second kappa shape index (κ2) is 8.02. The molecule has 0 saturated carbocycles. The number of carbonyl (C=O) groups excluding carboxylic acids is 2. The number of carbonyl (C=O) groups is 2. The molecule has 1 amide bonds. The summed E-state index contributed by atoms with van der Waals surface area (Å²) in [7, 11) is 0. The summed E-state index contributed by atoms with van der Waals surface area (Å²) in [6.07, 6.45) is 3.76. The van der Waals surface area contributed by atoms with Gasteiger partial charge in [-0.05, 0) is 19.8 Å². The van der Waals surface area contributed by atoms with E-state index in [1.807, 2.05) is 0 Å². The second-order valence-corrected chi connectivity index (χ2v) is 6.39. The third kappa shape index (κ3) is 4.50. The van der Waals surface area contributed by atoms with E-state index < -0.39 is 0 Å². The summed E-state index contributed by atoms with van der Waals surface area (Å²) in [6, 6.07) is 1.69. The molecule has 2 aromatic heterocycles. The Balaban J connectivity index is 1.63. The van der Waals surface area contributed by atoms with Gasteiger partial charge in [0.1, 0.15) is 17.8 Å². The normalized spacial score (nSPS) is 13.7. The van der Waals surface area contributed by atoms with E-state index in [1.165, 1.54) is 17.7 Å². The molecule has 2 aromatic rings. The predicted octanol–water partition coefficient (Wildman–Crippen LogP) is 1.89. The topological polar surface area (TPSA) is 97.3 Å². The lowest BCUT2D eigenvalue weighted by molar-refractivity contribution is -0.142. The molecule has 0 bridgehead atoms. The number of hydrogen-bond donors (Lipinski definition) is 1. The van der Waals surface area contributed by atoms with Crippen LogP contribution >= 0.6 is 11.3 Å². The first-order chi connectivity index (χ1) is 12.2. The average Bonchev–Trinajstić information content (AvgIpc) is 3.27. The van der Waals surface area contributed by atoms with E-state index in [-0.39, 0.29) is 18.3 Å². The van der Waals surface area contributed by atoms with Crippen molar-refractivity contribution in [2.75, 3.05) is 29.9 Å². The van der Waals surface area contributed by atoms with Crippen LogP contribution in [-0.4, -0.2) is 46.5 Å². The minimum absolute atomic E-state index is 0.0901. The Kier molecular flexibility index (Phi) is 5.54. The fraction of sp³-hybridized carbons (Fsp3) is 0.438. The molecular weight excluding hydrogens is 342 g/mol. The van der Waals surface area contributed by atoms with Crippen LogP contribution in [0.5, 0.6) is 0 Å². The van der Waals surface area contributed by atoms with Gasteiger partial charge in [-0.3, -0.25) is 14.9 Å². The minimum Gasteiger partial charge on any atom is -0.466 e. The Hall–Kier alpha value is -2.55. The highest BCUT2D eigenvalue weighted by Gasteiger charge is 2.17. The highest BCUT2D eigenvalue weighted by molar-refractivity contribution is 7.14. The number of aromatic nitrogens is 3. The number of nitrogens with one attached hydrogen (secondary N) is 1. The Morgan fingerprint density at radius 3 is 2.88 bits per heavy atom. The molecule has 3 rings (SSSR count). The van der Waals surface area contributed by atoms with Gasteiger partial charge in [-0.2, -0.15) is 0 Å². The maximum Gasteiger partial charge on any atom is 0.311 e. The fourth-order valence-electron chi connectivity index (χ4n) is 2.56. The molecule has 0 aliphatic carbocycles. The van der Waals surface area contributed by atoms with Gasteiger partial charge in [0.05, 0.1) is 18.7 Å². The van der Waals surface area contributed by atoms with Crippen LogP contribution in [-0.2, 0) is 16.0 Å². The summed E-state index contributed by atoms with van der Waals surface area (Å²) in [5.41, 5.74) is 0.859. The number of hydrogen-bond acceptors (Lipinski definition) is 8. The highest BCUT2D eigenvalue weighted by Crippen LogP contribution is 2.20. The second-order valence-electron chi connectivity index (χ2n) is 5.54. The molecule has 1 saturated heterocycles. The number of nitrogens with zero attached hydrogens (tertiary/aromatic N) is 4. The van der Waals surface area contributed by atoms with Crippen molar-refractivity contribution in [3.63, 3.8) is 0 Å². The van der Waals surface area contributed by atoms with Crippen molar-refractivity contribution in [3.05, 3.63) is 29.2 Å². The Bertz CT molecular complexity index is 758. The van der Waals surface area contributed by atoms with Gasteiger partial charge in [-0.1, -0.05) is 0 Å². The van der Waals surface area contributed by atoms with Crippen molar-refractivity contribution >= 4 is 34.2 Å². The molecule has 0 aromatic carbocycles. The zero-order chi connectivity index (χ0) is 17.6. The maximum atomic E-state index is 12.4. The lowest BCUT2D eigenvalue weighted by Gasteiger charge is -2.16. The van der Waals surface area contributed by atoms with E-state index in [9.17, 15) is 9.59 Å². The lowest BCUT2D eigenvalue weighted by Crippen LogP contribution is -2.21. The number of thiazole rings is 1. The highest BCUT2D eigenvalue weighted by atomic mass is 32.1. The van der Waals surface area contributed by atoms with Crippen molar-refractivity contribution in [1.82, 2.24) is 15.0 Å². The van der Waals surface area contributed by atoms with Crippen LogP contribution in [0.25, 0.3) is 0 Å². The molecule has 1 N–H and O–H groups in total. The standard InChI is InChI=1S/C16H19N5O3S/c1-2-24-14(22)7-11-9-25-16(19-11)20-15(23)12-8-13(18-10-17-12)21-5-3-4-6-21/h8-10H,2-7H2,1H3,(H,19,20,23). The van der Waals surface area contributed by atoms with Crippen LogP contribution in [0.1, 0.15) is 35.9 Å². The van der Waals surface area contributed by atoms with E-state index in [0.29, 0.717) is 23.1 Å². The molecule has 9 heteroatoms. The van der Waals surface area contributed by atoms with E-state index in [4.69, 9.17) is 4.74 Å². The van der Waals surface area contributed by atoms with Crippen LogP contribution in [0.2, 0.25) is 0 Å². The molecule has 25 heavy (non-hydrogen) atoms. The maximum absolute atomic E-state index is 12.4. The first kappa shape index (κ1) is 17.3. The molecule has 0 radical (unpaired) electrons. The molecule has 1 fully saturated rings. The number of amides is 1. The lowest BCUT2D eigenvalue weighted by atomic mass is 10.3. The largest absolute Gasteiger partial charge is 0.466 e. The first-order valence-corrected chi connectivity index (χ1v) is 9.02. The van der Waals surface area contributed by atoms with Crippen molar-refractivity contribution in [2.24, 2.45) is 0 Å². The van der Waals surface area contributed by atoms with E-state index in [0.717, 1.165) is 31.7 Å². The minimum atomic E-state index is -0.347. The average molecular weight is 361 g/mol. The summed E-state index contributed by atoms with van der Waals surface area (Å²) in [5, 5.41) is 4.86. The third-order valence-electron chi connectivity index (χ3n) is 3.72. The number of rotatable bonds is 6. The summed E-state index contributed by atoms with van der Waals surface area (Å²) in [4.78, 5) is 38.5. The van der Waals surface area contributed by atoms with Gasteiger partial charge in [-0.15, -0.1) is 11.3 Å². The van der Waals surface area contributed by atoms with Crippen molar-refractivity contribution in [3.8, 4) is 0 Å². The molecule has 1 aliphatic heterocycles. The van der Waals surface area contributed by atoms with E-state index in [1.54, 1.807) is 18.4 Å². The van der Waals surface area contributed by atoms with Crippen LogP contribution in [0, 0.1) is 0 Å². The molecule has 0 atom stereocenters. The molecule has 0 unspecified atom stereocenters. The molecule has 1 aliphatic rings. The van der Waals surface area contributed by atoms with Crippen molar-refractivity contribution < 1.29 is 14.3 Å². The first-order valence-electron chi connectivity index (χ1n) is 8.14. The Morgan fingerprint density at radius 2 is 2.12 bits per heavy atom. The fourth-order valence-corrected chi connectivity index (χ4v) is 3.26. The van der Waals surface area contributed by atoms with Gasteiger partial charge in [0.2, 0.25) is 0 Å². The Labute approximate surface area is 149 Å². The number of esters is 1. The molecular formula is C16H19N5O3S. The van der Waals surface area contributed by atoms with Crippen LogP contribution in [0.4, 0.5) is 10.9 Å². The predicted molar refractivity (Wildman–Crippen MR) is 93.9 cm³/mol. The summed E-state index contributed by atoms with van der Waals surface area (Å²) in [6.45, 7) is 3.98. The Morgan fingerprint density at radius 1 is 1.32 bits per heavy atom. The summed E-state index contributed by atoms with van der Waals surface area (Å²) < 4.78 is 4.88. The van der Waals surface area contributed by atoms with Gasteiger partial charge in [0, 0.05) is 24.5 Å². The summed E-state index contributed by atoms with van der Waals surface area (Å²) in [5.74, 6) is 0.0800. The zero-order valence-electron chi connectivity index (χ0n) is 13.9. The van der Waals surface area contributed by atoms with E-state index >= 15 is 0 Å². The number of ether oxygens (including phenoxy) is 1. The van der Waals surface area contributed by atoms with Crippen LogP contribution in [0.15, 0.2) is 17.8 Å². The van der Waals surface area contributed by atoms with Crippen LogP contribution in [0.3, 0.4) is 0 Å². The monoisotopic (exact) mass is 361 g/mol. The molecule has 0 spiro atoms. The SMILES string of the molecule is CCOC(=O)Cc1csc(NC(=O)c2cc(N3CCCC3)ncn2)n1. The van der Waals surface area contributed by atoms with Gasteiger partial charge >= 0.3 is 5.97 Å². The quantitative estimate of drug-likeness (QED) is 0.785. The zero-order valence-corrected chi connectivity index (χ0v) is 14.7. The molecule has 132 valence electrons. The molecule has 8 nitrogen and oxygen atoms in total.